The monoisotopic (exact) mass is 541 g/mol. The van der Waals surface area contributed by atoms with Crippen LogP contribution in [-0.2, 0) is 0 Å². The lowest BCUT2D eigenvalue weighted by molar-refractivity contribution is 1.22. The van der Waals surface area contributed by atoms with E-state index in [9.17, 15) is 0 Å². The lowest BCUT2D eigenvalue weighted by Gasteiger charge is -2.17. The summed E-state index contributed by atoms with van der Waals surface area (Å²) in [6, 6.07) is 49.9. The van der Waals surface area contributed by atoms with Crippen molar-refractivity contribution in [1.29, 1.82) is 0 Å². The van der Waals surface area contributed by atoms with Crippen molar-refractivity contribution in [3.8, 4) is 11.1 Å². The minimum absolute atomic E-state index is 0.297. The summed E-state index contributed by atoms with van der Waals surface area (Å²) in [5, 5.41) is 1.18. The van der Waals surface area contributed by atoms with Crippen LogP contribution in [0, 0.1) is 0 Å². The molecule has 2 unspecified atom stereocenters. The maximum Gasteiger partial charge on any atom is 0.0320 e. The number of allylic oxidation sites excluding steroid dienone is 2. The van der Waals surface area contributed by atoms with Crippen molar-refractivity contribution in [3.05, 3.63) is 175 Å². The van der Waals surface area contributed by atoms with Gasteiger partial charge in [0.1, 0.15) is 0 Å². The molecular weight excluding hydrogens is 501 g/mol. The molecule has 0 aromatic heterocycles. The zero-order valence-corrected chi connectivity index (χ0v) is 24.8. The van der Waals surface area contributed by atoms with E-state index in [0.717, 1.165) is 5.69 Å². The third kappa shape index (κ3) is 9.53. The van der Waals surface area contributed by atoms with E-state index in [-0.39, 0.29) is 0 Å². The molecule has 0 saturated carbocycles. The first-order valence-electron chi connectivity index (χ1n) is 13.8. The second-order valence-corrected chi connectivity index (χ2v) is 10.6. The number of benzene rings is 5. The molecule has 0 spiro atoms. The van der Waals surface area contributed by atoms with Crippen LogP contribution in [0.25, 0.3) is 22.0 Å². The summed E-state index contributed by atoms with van der Waals surface area (Å²) in [6.45, 7) is 10.5. The van der Waals surface area contributed by atoms with Crippen LogP contribution in [0.4, 0.5) is 5.69 Å². The van der Waals surface area contributed by atoms with E-state index in [4.69, 9.17) is 5.73 Å². The third-order valence-corrected chi connectivity index (χ3v) is 7.70. The molecule has 5 aromatic carbocycles. The molecule has 0 aliphatic rings. The average molecular weight is 542 g/mol. The molecule has 0 bridgehead atoms. The highest BCUT2D eigenvalue weighted by molar-refractivity contribution is 7.51. The van der Waals surface area contributed by atoms with Gasteiger partial charge in [-0.05, 0) is 57.8 Å². The van der Waals surface area contributed by atoms with Crippen LogP contribution in [0.3, 0.4) is 0 Å². The first-order chi connectivity index (χ1) is 19.6. The molecule has 0 saturated heterocycles. The zero-order chi connectivity index (χ0) is 28.6. The van der Waals surface area contributed by atoms with E-state index in [0.29, 0.717) is 14.2 Å². The minimum atomic E-state index is 0.297. The highest BCUT2D eigenvalue weighted by atomic mass is 31.1. The van der Waals surface area contributed by atoms with Gasteiger partial charge in [0.15, 0.2) is 0 Å². The lowest BCUT2D eigenvalue weighted by atomic mass is 10.0. The zero-order valence-electron chi connectivity index (χ0n) is 23.8. The Hall–Kier alpha value is -4.19. The largest absolute Gasteiger partial charge is 0.399 e. The molecule has 202 valence electrons. The van der Waals surface area contributed by atoms with Gasteiger partial charge in [0.2, 0.25) is 0 Å². The molecule has 0 radical (unpaired) electrons. The van der Waals surface area contributed by atoms with Crippen molar-refractivity contribution in [3.63, 3.8) is 0 Å². The molecule has 1 nitrogen and oxygen atoms in total. The van der Waals surface area contributed by atoms with Crippen molar-refractivity contribution in [2.24, 2.45) is 0 Å². The van der Waals surface area contributed by atoms with Crippen molar-refractivity contribution >= 4 is 25.2 Å². The smallest absolute Gasteiger partial charge is 0.0320 e. The maximum atomic E-state index is 5.96. The summed E-state index contributed by atoms with van der Waals surface area (Å²) < 4.78 is 0. The molecule has 0 fully saturated rings. The summed E-state index contributed by atoms with van der Waals surface area (Å²) in [6.07, 6.45) is 2.34. The van der Waals surface area contributed by atoms with Crippen LogP contribution in [0.1, 0.15) is 43.1 Å². The summed E-state index contributed by atoms with van der Waals surface area (Å²) in [5.41, 5.74) is 14.5. The van der Waals surface area contributed by atoms with E-state index in [2.05, 4.69) is 129 Å². The van der Waals surface area contributed by atoms with Crippen molar-refractivity contribution in [2.75, 3.05) is 5.73 Å². The molecule has 2 heteroatoms. The normalized spacial score (nSPS) is 11.5. The predicted octanol–water partition coefficient (Wildman–Crippen LogP) is 11.1. The highest BCUT2D eigenvalue weighted by Crippen LogP contribution is 2.46. The van der Waals surface area contributed by atoms with Gasteiger partial charge in [-0.1, -0.05) is 169 Å². The Morgan fingerprint density at radius 2 is 1.07 bits per heavy atom. The second-order valence-electron chi connectivity index (χ2n) is 9.08. The quantitative estimate of drug-likeness (QED) is 0.161. The van der Waals surface area contributed by atoms with Gasteiger partial charge in [0.05, 0.1) is 0 Å². The predicted molar refractivity (Wildman–Crippen MR) is 181 cm³/mol. The fraction of sp³-hybridized carbons (Fsp3) is 0.105. The number of nitrogen functional groups attached to an aromatic ring is 1. The van der Waals surface area contributed by atoms with Gasteiger partial charge in [0, 0.05) is 11.3 Å². The van der Waals surface area contributed by atoms with Gasteiger partial charge >= 0.3 is 0 Å². The molecule has 0 aliphatic heterocycles. The van der Waals surface area contributed by atoms with Crippen molar-refractivity contribution in [2.45, 2.75) is 26.4 Å². The molecule has 40 heavy (non-hydrogen) atoms. The number of hydrogen-bond acceptors (Lipinski definition) is 1. The molecular formula is C38H40NP. The van der Waals surface area contributed by atoms with Crippen LogP contribution in [0.5, 0.6) is 0 Å². The fourth-order valence-electron chi connectivity index (χ4n) is 4.18. The summed E-state index contributed by atoms with van der Waals surface area (Å²) in [4.78, 5) is 0. The van der Waals surface area contributed by atoms with E-state index in [1.165, 1.54) is 38.7 Å². The lowest BCUT2D eigenvalue weighted by Crippen LogP contribution is -1.92. The Bertz CT molecular complexity index is 1410. The van der Waals surface area contributed by atoms with Gasteiger partial charge in [-0.15, -0.1) is 0 Å². The molecule has 2 atom stereocenters. The molecule has 5 rings (SSSR count). The number of rotatable bonds is 7. The molecule has 0 amide bonds. The second kappa shape index (κ2) is 16.7. The molecule has 5 aromatic rings. The van der Waals surface area contributed by atoms with E-state index < -0.39 is 0 Å². The first kappa shape index (κ1) is 30.4. The number of hydrogen-bond donors (Lipinski definition) is 1. The number of anilines is 1. The van der Waals surface area contributed by atoms with E-state index in [1.807, 2.05) is 50.2 Å². The van der Waals surface area contributed by atoms with Crippen LogP contribution >= 0.6 is 8.58 Å². The molecule has 2 N–H and O–H groups in total. The van der Waals surface area contributed by atoms with Crippen molar-refractivity contribution in [1.82, 2.24) is 0 Å². The summed E-state index contributed by atoms with van der Waals surface area (Å²) in [5.74, 6) is 0. The minimum Gasteiger partial charge on any atom is -0.399 e. The SMILES string of the molecule is C=C(PC(/C=C(\C)c1cccc(N)c1)c1ccccc1)c1ccccc1.CC.c1ccc(-c2ccccc2)cc1. The fourth-order valence-corrected chi connectivity index (χ4v) is 5.58. The van der Waals surface area contributed by atoms with Gasteiger partial charge in [-0.3, -0.25) is 0 Å². The first-order valence-corrected chi connectivity index (χ1v) is 14.9. The maximum absolute atomic E-state index is 5.96. The standard InChI is InChI=1S/C24H24NP.C12H10.C2H6/c1-18(22-14-9-15-23(25)17-22)16-24(21-12-7-4-8-13-21)26-19(2)20-10-5-3-6-11-20;1-3-7-11(8-4-1)12-9-5-2-6-10-12;1-2/h3-17,24,26H,2,25H2,1H3;1-10H;1-2H3/b18-16+;;. The number of nitrogens with two attached hydrogens (primary N) is 1. The Morgan fingerprint density at radius 3 is 1.57 bits per heavy atom. The molecule has 0 heterocycles. The van der Waals surface area contributed by atoms with E-state index in [1.54, 1.807) is 0 Å². The summed E-state index contributed by atoms with van der Waals surface area (Å²) >= 11 is 0. The third-order valence-electron chi connectivity index (χ3n) is 6.25. The average Bonchev–Trinajstić information content (AvgIpc) is 3.03. The Morgan fingerprint density at radius 1 is 0.625 bits per heavy atom. The van der Waals surface area contributed by atoms with Crippen LogP contribution < -0.4 is 5.73 Å². The Balaban J connectivity index is 0.000000262. The van der Waals surface area contributed by atoms with Gasteiger partial charge < -0.3 is 5.73 Å². The van der Waals surface area contributed by atoms with Crippen LogP contribution in [-0.4, -0.2) is 0 Å². The molecule has 0 aliphatic carbocycles. The van der Waals surface area contributed by atoms with Gasteiger partial charge in [-0.25, -0.2) is 0 Å². The Kier molecular flexibility index (Phi) is 12.7. The van der Waals surface area contributed by atoms with Crippen LogP contribution in [0.2, 0.25) is 0 Å². The Labute approximate surface area is 242 Å². The summed E-state index contributed by atoms with van der Waals surface area (Å²) in [7, 11) is 0.585. The van der Waals surface area contributed by atoms with E-state index >= 15 is 0 Å². The van der Waals surface area contributed by atoms with Gasteiger partial charge in [-0.2, -0.15) is 0 Å². The topological polar surface area (TPSA) is 26.0 Å². The van der Waals surface area contributed by atoms with Crippen molar-refractivity contribution < 1.29 is 0 Å². The van der Waals surface area contributed by atoms with Gasteiger partial charge in [0.25, 0.3) is 0 Å². The highest BCUT2D eigenvalue weighted by Gasteiger charge is 2.12. The van der Waals surface area contributed by atoms with Crippen LogP contribution in [0.15, 0.2) is 158 Å².